The van der Waals surface area contributed by atoms with Gasteiger partial charge in [0.1, 0.15) is 11.9 Å². The van der Waals surface area contributed by atoms with E-state index in [1.807, 2.05) is 79.7 Å². The van der Waals surface area contributed by atoms with E-state index in [2.05, 4.69) is 25.8 Å². The number of carbonyl (C=O) groups is 1. The molecule has 2 amide bonds. The van der Waals surface area contributed by atoms with E-state index in [0.29, 0.717) is 11.6 Å². The summed E-state index contributed by atoms with van der Waals surface area (Å²) in [6.45, 7) is 1.83. The van der Waals surface area contributed by atoms with Crippen molar-refractivity contribution in [3.63, 3.8) is 0 Å². The summed E-state index contributed by atoms with van der Waals surface area (Å²) in [6.07, 6.45) is 0. The van der Waals surface area contributed by atoms with Crippen molar-refractivity contribution in [3.05, 3.63) is 90.0 Å². The van der Waals surface area contributed by atoms with E-state index in [1.54, 1.807) is 0 Å². The number of H-pyrrole nitrogens is 1. The van der Waals surface area contributed by atoms with E-state index in [-0.39, 0.29) is 6.03 Å². The lowest BCUT2D eigenvalue weighted by atomic mass is 10.1. The fourth-order valence-electron chi connectivity index (χ4n) is 3.06. The molecular formula is C21H19N5O. The van der Waals surface area contributed by atoms with Crippen LogP contribution in [0.2, 0.25) is 0 Å². The topological polar surface area (TPSA) is 82.7 Å². The van der Waals surface area contributed by atoms with Gasteiger partial charge < -0.3 is 10.6 Å². The molecule has 0 spiro atoms. The van der Waals surface area contributed by atoms with Gasteiger partial charge in [-0.1, -0.05) is 66.7 Å². The SMILES string of the molecule is Cc1nc(C(NC(=O)Nc2cccc3ccccc23)c2ccccc2)n[nH]1. The maximum Gasteiger partial charge on any atom is 0.320 e. The standard InChI is InChI=1S/C21H19N5O/c1-14-22-20(26-25-14)19(16-9-3-2-4-10-16)24-21(27)23-18-13-7-11-15-8-5-6-12-17(15)18/h2-13,19H,1H3,(H,22,25,26)(H2,23,24,27). The zero-order valence-electron chi connectivity index (χ0n) is 14.8. The molecule has 27 heavy (non-hydrogen) atoms. The second-order valence-corrected chi connectivity index (χ2v) is 6.25. The van der Waals surface area contributed by atoms with E-state index in [1.165, 1.54) is 0 Å². The molecule has 1 unspecified atom stereocenters. The van der Waals surface area contributed by atoms with E-state index in [9.17, 15) is 4.79 Å². The molecule has 0 fully saturated rings. The van der Waals surface area contributed by atoms with E-state index in [0.717, 1.165) is 22.0 Å². The summed E-state index contributed by atoms with van der Waals surface area (Å²) in [7, 11) is 0. The van der Waals surface area contributed by atoms with Gasteiger partial charge in [0.15, 0.2) is 5.82 Å². The smallest absolute Gasteiger partial charge is 0.320 e. The van der Waals surface area contributed by atoms with E-state index >= 15 is 0 Å². The number of rotatable bonds is 4. The van der Waals surface area contributed by atoms with Crippen LogP contribution in [0.5, 0.6) is 0 Å². The van der Waals surface area contributed by atoms with Crippen LogP contribution in [0.3, 0.4) is 0 Å². The van der Waals surface area contributed by atoms with Crippen LogP contribution in [0.15, 0.2) is 72.8 Å². The Hall–Kier alpha value is -3.67. The molecule has 1 heterocycles. The van der Waals surface area contributed by atoms with Crippen LogP contribution in [0, 0.1) is 6.92 Å². The minimum Gasteiger partial charge on any atom is -0.324 e. The van der Waals surface area contributed by atoms with Crippen LogP contribution < -0.4 is 10.6 Å². The highest BCUT2D eigenvalue weighted by Gasteiger charge is 2.21. The molecule has 0 bridgehead atoms. The van der Waals surface area contributed by atoms with Crippen LogP contribution in [0.4, 0.5) is 10.5 Å². The molecule has 1 atom stereocenters. The average Bonchev–Trinajstić information content (AvgIpc) is 3.13. The Kier molecular flexibility index (Phi) is 4.53. The third kappa shape index (κ3) is 3.64. The maximum absolute atomic E-state index is 12.7. The summed E-state index contributed by atoms with van der Waals surface area (Å²) < 4.78 is 0. The monoisotopic (exact) mass is 357 g/mol. The van der Waals surface area contributed by atoms with Gasteiger partial charge in [0.2, 0.25) is 0 Å². The normalized spacial score (nSPS) is 11.9. The molecule has 0 aliphatic heterocycles. The Morgan fingerprint density at radius 1 is 0.963 bits per heavy atom. The van der Waals surface area contributed by atoms with Crippen molar-refractivity contribution < 1.29 is 4.79 Å². The largest absolute Gasteiger partial charge is 0.324 e. The van der Waals surface area contributed by atoms with Crippen LogP contribution in [0.25, 0.3) is 10.8 Å². The molecule has 0 saturated carbocycles. The molecule has 0 radical (unpaired) electrons. The van der Waals surface area contributed by atoms with E-state index in [4.69, 9.17) is 0 Å². The first-order chi connectivity index (χ1) is 13.2. The van der Waals surface area contributed by atoms with Crippen molar-refractivity contribution in [1.82, 2.24) is 20.5 Å². The highest BCUT2D eigenvalue weighted by molar-refractivity contribution is 6.01. The van der Waals surface area contributed by atoms with Crippen molar-refractivity contribution in [2.24, 2.45) is 0 Å². The first-order valence-electron chi connectivity index (χ1n) is 8.70. The predicted molar refractivity (Wildman–Crippen MR) is 106 cm³/mol. The zero-order chi connectivity index (χ0) is 18.6. The number of amides is 2. The Balaban J connectivity index is 1.60. The maximum atomic E-state index is 12.7. The minimum absolute atomic E-state index is 0.317. The van der Waals surface area contributed by atoms with Gasteiger partial charge in [0.25, 0.3) is 0 Å². The van der Waals surface area contributed by atoms with Crippen molar-refractivity contribution >= 4 is 22.5 Å². The number of hydrogen-bond acceptors (Lipinski definition) is 3. The van der Waals surface area contributed by atoms with Gasteiger partial charge in [0.05, 0.1) is 5.69 Å². The van der Waals surface area contributed by atoms with Crippen molar-refractivity contribution in [2.45, 2.75) is 13.0 Å². The molecular weight excluding hydrogens is 338 g/mol. The Morgan fingerprint density at radius 2 is 1.70 bits per heavy atom. The number of carbonyl (C=O) groups excluding carboxylic acids is 1. The summed E-state index contributed by atoms with van der Waals surface area (Å²) in [5, 5.41) is 15.0. The molecule has 0 aliphatic rings. The molecule has 0 aliphatic carbocycles. The van der Waals surface area contributed by atoms with E-state index < -0.39 is 6.04 Å². The highest BCUT2D eigenvalue weighted by atomic mass is 16.2. The predicted octanol–water partition coefficient (Wildman–Crippen LogP) is 4.18. The molecule has 0 saturated heterocycles. The number of aryl methyl sites for hydroxylation is 1. The molecule has 3 N–H and O–H groups in total. The molecule has 6 heteroatoms. The van der Waals surface area contributed by atoms with Gasteiger partial charge in [-0.3, -0.25) is 5.10 Å². The number of urea groups is 1. The zero-order valence-corrected chi connectivity index (χ0v) is 14.8. The summed E-state index contributed by atoms with van der Waals surface area (Å²) in [6, 6.07) is 22.6. The van der Waals surface area contributed by atoms with Gasteiger partial charge in [-0.2, -0.15) is 5.10 Å². The van der Waals surface area contributed by atoms with Gasteiger partial charge in [-0.25, -0.2) is 9.78 Å². The van der Waals surface area contributed by atoms with Gasteiger partial charge in [-0.05, 0) is 23.9 Å². The van der Waals surface area contributed by atoms with Crippen molar-refractivity contribution in [2.75, 3.05) is 5.32 Å². The Bertz CT molecular complexity index is 1070. The fourth-order valence-corrected chi connectivity index (χ4v) is 3.06. The van der Waals surface area contributed by atoms with Gasteiger partial charge in [0, 0.05) is 5.39 Å². The lowest BCUT2D eigenvalue weighted by Crippen LogP contribution is -2.33. The summed E-state index contributed by atoms with van der Waals surface area (Å²) in [5.41, 5.74) is 1.66. The second-order valence-electron chi connectivity index (χ2n) is 6.25. The van der Waals surface area contributed by atoms with Gasteiger partial charge in [-0.15, -0.1) is 0 Å². The van der Waals surface area contributed by atoms with Crippen LogP contribution in [-0.2, 0) is 0 Å². The third-order valence-corrected chi connectivity index (χ3v) is 4.32. The number of nitrogens with zero attached hydrogens (tertiary/aromatic N) is 2. The third-order valence-electron chi connectivity index (χ3n) is 4.32. The number of aromatic amines is 1. The van der Waals surface area contributed by atoms with Crippen LogP contribution >= 0.6 is 0 Å². The lowest BCUT2D eigenvalue weighted by molar-refractivity contribution is 0.249. The first-order valence-corrected chi connectivity index (χ1v) is 8.70. The summed E-state index contributed by atoms with van der Waals surface area (Å²) >= 11 is 0. The number of hydrogen-bond donors (Lipinski definition) is 3. The molecule has 3 aromatic carbocycles. The summed E-state index contributed by atoms with van der Waals surface area (Å²) in [5.74, 6) is 1.22. The number of nitrogens with one attached hydrogen (secondary N) is 3. The molecule has 6 nitrogen and oxygen atoms in total. The first kappa shape index (κ1) is 16.8. The molecule has 4 rings (SSSR count). The number of anilines is 1. The number of aromatic nitrogens is 3. The fraction of sp³-hybridized carbons (Fsp3) is 0.0952. The Labute approximate surface area is 156 Å². The summed E-state index contributed by atoms with van der Waals surface area (Å²) in [4.78, 5) is 17.1. The number of benzene rings is 3. The minimum atomic E-state index is -0.453. The lowest BCUT2D eigenvalue weighted by Gasteiger charge is -2.17. The molecule has 4 aromatic rings. The number of fused-ring (bicyclic) bond motifs is 1. The van der Waals surface area contributed by atoms with Gasteiger partial charge >= 0.3 is 6.03 Å². The highest BCUT2D eigenvalue weighted by Crippen LogP contribution is 2.24. The Morgan fingerprint density at radius 3 is 2.48 bits per heavy atom. The second kappa shape index (κ2) is 7.29. The average molecular weight is 357 g/mol. The van der Waals surface area contributed by atoms with Crippen molar-refractivity contribution in [1.29, 1.82) is 0 Å². The molecule has 134 valence electrons. The van der Waals surface area contributed by atoms with Crippen molar-refractivity contribution in [3.8, 4) is 0 Å². The van der Waals surface area contributed by atoms with Crippen LogP contribution in [-0.4, -0.2) is 21.2 Å². The molecule has 1 aromatic heterocycles. The van der Waals surface area contributed by atoms with Crippen LogP contribution in [0.1, 0.15) is 23.3 Å². The quantitative estimate of drug-likeness (QED) is 0.512.